The first-order valence-corrected chi connectivity index (χ1v) is 10.3. The Morgan fingerprint density at radius 3 is 2.55 bits per heavy atom. The van der Waals surface area contributed by atoms with Crippen molar-refractivity contribution < 1.29 is 19.1 Å². The van der Waals surface area contributed by atoms with Gasteiger partial charge in [-0.05, 0) is 70.9 Å². The third-order valence-electron chi connectivity index (χ3n) is 4.98. The maximum atomic E-state index is 12.3. The van der Waals surface area contributed by atoms with Crippen molar-refractivity contribution in [1.82, 2.24) is 14.6 Å². The molecule has 31 heavy (non-hydrogen) atoms. The van der Waals surface area contributed by atoms with Gasteiger partial charge in [0.05, 0.1) is 12.3 Å². The molecule has 3 rings (SSSR count). The largest absolute Gasteiger partial charge is 0.494 e. The fourth-order valence-corrected chi connectivity index (χ4v) is 3.38. The van der Waals surface area contributed by atoms with Crippen molar-refractivity contribution in [1.29, 1.82) is 0 Å². The molecule has 2 aromatic heterocycles. The van der Waals surface area contributed by atoms with Gasteiger partial charge >= 0.3 is 5.97 Å². The minimum atomic E-state index is -0.907. The highest BCUT2D eigenvalue weighted by atomic mass is 16.5. The Bertz CT molecular complexity index is 1090. The molecule has 0 saturated carbocycles. The van der Waals surface area contributed by atoms with E-state index in [1.54, 1.807) is 35.7 Å². The van der Waals surface area contributed by atoms with E-state index in [2.05, 4.69) is 15.4 Å². The van der Waals surface area contributed by atoms with Crippen LogP contribution >= 0.6 is 0 Å². The first-order chi connectivity index (χ1) is 14.8. The Hall–Kier alpha value is -3.42. The molecule has 0 spiro atoms. The molecule has 8 heteroatoms. The van der Waals surface area contributed by atoms with Gasteiger partial charge in [-0.3, -0.25) is 9.59 Å². The summed E-state index contributed by atoms with van der Waals surface area (Å²) in [6.45, 7) is 9.83. The molecule has 1 amide bonds. The van der Waals surface area contributed by atoms with E-state index in [1.807, 2.05) is 33.8 Å². The highest BCUT2D eigenvalue weighted by Crippen LogP contribution is 2.18. The fraction of sp³-hybridized carbons (Fsp3) is 0.391. The van der Waals surface area contributed by atoms with Crippen LogP contribution in [-0.4, -0.2) is 39.2 Å². The third kappa shape index (κ3) is 5.39. The Labute approximate surface area is 181 Å². The zero-order chi connectivity index (χ0) is 22.5. The van der Waals surface area contributed by atoms with Gasteiger partial charge in [0.15, 0.2) is 11.8 Å². The number of esters is 1. The summed E-state index contributed by atoms with van der Waals surface area (Å²) < 4.78 is 12.5. The van der Waals surface area contributed by atoms with Gasteiger partial charge in [0, 0.05) is 29.6 Å². The average molecular weight is 425 g/mol. The van der Waals surface area contributed by atoms with E-state index >= 15 is 0 Å². The maximum Gasteiger partial charge on any atom is 0.306 e. The minimum Gasteiger partial charge on any atom is -0.494 e. The number of benzene rings is 1. The molecule has 0 aliphatic rings. The number of nitrogens with one attached hydrogen (secondary N) is 1. The zero-order valence-corrected chi connectivity index (χ0v) is 18.6. The summed E-state index contributed by atoms with van der Waals surface area (Å²) in [7, 11) is 0. The van der Waals surface area contributed by atoms with E-state index in [-0.39, 0.29) is 12.3 Å². The summed E-state index contributed by atoms with van der Waals surface area (Å²) in [5.41, 5.74) is 5.05. The van der Waals surface area contributed by atoms with Gasteiger partial charge in [0.25, 0.3) is 5.91 Å². The van der Waals surface area contributed by atoms with E-state index < -0.39 is 12.1 Å². The summed E-state index contributed by atoms with van der Waals surface area (Å²) in [6.07, 6.45) is -0.294. The van der Waals surface area contributed by atoms with Crippen molar-refractivity contribution >= 4 is 23.2 Å². The molecule has 0 saturated heterocycles. The molecular weight excluding hydrogens is 396 g/mol. The van der Waals surface area contributed by atoms with Crippen LogP contribution in [0.3, 0.4) is 0 Å². The lowest BCUT2D eigenvalue weighted by molar-refractivity contribution is -0.153. The summed E-state index contributed by atoms with van der Waals surface area (Å²) in [5, 5.41) is 7.18. The van der Waals surface area contributed by atoms with Gasteiger partial charge in [-0.2, -0.15) is 5.10 Å². The zero-order valence-electron chi connectivity index (χ0n) is 18.6. The Balaban J connectivity index is 1.55. The smallest absolute Gasteiger partial charge is 0.306 e. The second-order valence-electron chi connectivity index (χ2n) is 7.40. The molecule has 0 fully saturated rings. The number of amides is 1. The molecule has 8 nitrogen and oxygen atoms in total. The first kappa shape index (κ1) is 22.3. The molecule has 0 bridgehead atoms. The van der Waals surface area contributed by atoms with Gasteiger partial charge in [-0.1, -0.05) is 0 Å². The number of ether oxygens (including phenoxy) is 2. The van der Waals surface area contributed by atoms with Crippen LogP contribution < -0.4 is 10.1 Å². The SMILES string of the molecule is CCOc1ccc(NC(=O)[C@@H](C)OC(=O)CCc2c(C)nc3cc(C)nn3c2C)cc1. The molecule has 0 radical (unpaired) electrons. The summed E-state index contributed by atoms with van der Waals surface area (Å²) in [5.74, 6) is -0.103. The maximum absolute atomic E-state index is 12.3. The van der Waals surface area contributed by atoms with Crippen molar-refractivity contribution in [2.24, 2.45) is 0 Å². The highest BCUT2D eigenvalue weighted by Gasteiger charge is 2.19. The molecular formula is C23H28N4O4. The average Bonchev–Trinajstić information content (AvgIpc) is 3.09. The summed E-state index contributed by atoms with van der Waals surface area (Å²) in [4.78, 5) is 29.2. The Morgan fingerprint density at radius 1 is 1.16 bits per heavy atom. The molecule has 0 aliphatic carbocycles. The van der Waals surface area contributed by atoms with E-state index in [1.165, 1.54) is 0 Å². The number of anilines is 1. The van der Waals surface area contributed by atoms with E-state index in [0.717, 1.165) is 34.0 Å². The predicted molar refractivity (Wildman–Crippen MR) is 117 cm³/mol. The van der Waals surface area contributed by atoms with Crippen LogP contribution in [0, 0.1) is 20.8 Å². The molecule has 2 heterocycles. The lowest BCUT2D eigenvalue weighted by atomic mass is 10.1. The Kier molecular flexibility index (Phi) is 6.89. The topological polar surface area (TPSA) is 94.8 Å². The summed E-state index contributed by atoms with van der Waals surface area (Å²) in [6, 6.07) is 8.94. The second-order valence-corrected chi connectivity index (χ2v) is 7.40. The minimum absolute atomic E-state index is 0.149. The number of aryl methyl sites for hydroxylation is 3. The quantitative estimate of drug-likeness (QED) is 0.556. The van der Waals surface area contributed by atoms with Crippen LogP contribution in [0.5, 0.6) is 5.75 Å². The molecule has 164 valence electrons. The lowest BCUT2D eigenvalue weighted by Gasteiger charge is -2.15. The number of fused-ring (bicyclic) bond motifs is 1. The van der Waals surface area contributed by atoms with E-state index in [4.69, 9.17) is 9.47 Å². The van der Waals surface area contributed by atoms with Crippen LogP contribution in [-0.2, 0) is 20.7 Å². The first-order valence-electron chi connectivity index (χ1n) is 10.3. The molecule has 0 unspecified atom stereocenters. The number of carbonyl (C=O) groups excluding carboxylic acids is 2. The lowest BCUT2D eigenvalue weighted by Crippen LogP contribution is -2.30. The van der Waals surface area contributed by atoms with Crippen LogP contribution in [0.4, 0.5) is 5.69 Å². The normalized spacial score (nSPS) is 11.9. The number of hydrogen-bond donors (Lipinski definition) is 1. The monoisotopic (exact) mass is 424 g/mol. The van der Waals surface area contributed by atoms with Gasteiger partial charge in [0.1, 0.15) is 5.75 Å². The van der Waals surface area contributed by atoms with Crippen LogP contribution in [0.2, 0.25) is 0 Å². The third-order valence-corrected chi connectivity index (χ3v) is 4.98. The number of aromatic nitrogens is 3. The second kappa shape index (κ2) is 9.59. The Morgan fingerprint density at radius 2 is 1.87 bits per heavy atom. The van der Waals surface area contributed by atoms with Crippen molar-refractivity contribution in [3.8, 4) is 5.75 Å². The van der Waals surface area contributed by atoms with Crippen LogP contribution in [0.25, 0.3) is 5.65 Å². The standard InChI is InChI=1S/C23H28N4O4/c1-6-30-19-9-7-18(8-10-19)25-23(29)17(5)31-22(28)12-11-20-15(3)24-21-13-14(2)26-27(21)16(20)4/h7-10,13,17H,6,11-12H2,1-5H3,(H,25,29)/t17-/m1/s1. The van der Waals surface area contributed by atoms with Crippen molar-refractivity contribution in [3.63, 3.8) is 0 Å². The number of rotatable bonds is 8. The summed E-state index contributed by atoms with van der Waals surface area (Å²) >= 11 is 0. The van der Waals surface area contributed by atoms with E-state index in [9.17, 15) is 9.59 Å². The molecule has 1 aromatic carbocycles. The van der Waals surface area contributed by atoms with Crippen molar-refractivity contribution in [2.75, 3.05) is 11.9 Å². The molecule has 1 N–H and O–H groups in total. The molecule has 0 aliphatic heterocycles. The molecule has 3 aromatic rings. The van der Waals surface area contributed by atoms with Gasteiger partial charge in [0.2, 0.25) is 0 Å². The molecule has 1 atom stereocenters. The number of nitrogens with zero attached hydrogens (tertiary/aromatic N) is 3. The predicted octanol–water partition coefficient (Wildman–Crippen LogP) is 3.56. The van der Waals surface area contributed by atoms with Crippen LogP contribution in [0.1, 0.15) is 42.9 Å². The number of hydrogen-bond acceptors (Lipinski definition) is 6. The van der Waals surface area contributed by atoms with E-state index in [0.29, 0.717) is 18.7 Å². The highest BCUT2D eigenvalue weighted by molar-refractivity contribution is 5.95. The fourth-order valence-electron chi connectivity index (χ4n) is 3.38. The van der Waals surface area contributed by atoms with Gasteiger partial charge in [-0.15, -0.1) is 0 Å². The number of carbonyl (C=O) groups is 2. The van der Waals surface area contributed by atoms with Gasteiger partial charge in [-0.25, -0.2) is 9.50 Å². The van der Waals surface area contributed by atoms with Crippen molar-refractivity contribution in [2.45, 2.75) is 53.6 Å². The van der Waals surface area contributed by atoms with Crippen molar-refractivity contribution in [3.05, 3.63) is 53.0 Å². The van der Waals surface area contributed by atoms with Gasteiger partial charge < -0.3 is 14.8 Å². The van der Waals surface area contributed by atoms with Crippen LogP contribution in [0.15, 0.2) is 30.3 Å².